The lowest BCUT2D eigenvalue weighted by molar-refractivity contribution is 0.280. The summed E-state index contributed by atoms with van der Waals surface area (Å²) in [7, 11) is 0. The normalized spacial score (nSPS) is 22.3. The summed E-state index contributed by atoms with van der Waals surface area (Å²) >= 11 is 0. The average Bonchev–Trinajstić information content (AvgIpc) is 2.55. The maximum atomic E-state index is 4.44. The van der Waals surface area contributed by atoms with Crippen LogP contribution >= 0.6 is 0 Å². The number of nitrogens with one attached hydrogen (secondary N) is 1. The summed E-state index contributed by atoms with van der Waals surface area (Å²) in [5.41, 5.74) is 2.55. The van der Waals surface area contributed by atoms with Crippen molar-refractivity contribution < 1.29 is 0 Å². The summed E-state index contributed by atoms with van der Waals surface area (Å²) in [4.78, 5) is 4.44. The molecule has 0 unspecified atom stereocenters. The molecule has 1 aliphatic heterocycles. The van der Waals surface area contributed by atoms with Gasteiger partial charge in [-0.15, -0.1) is 6.58 Å². The molecule has 2 aromatic rings. The van der Waals surface area contributed by atoms with Crippen LogP contribution < -0.4 is 5.32 Å². The highest BCUT2D eigenvalue weighted by Crippen LogP contribution is 2.26. The molecule has 0 spiro atoms. The van der Waals surface area contributed by atoms with Crippen LogP contribution in [0.3, 0.4) is 0 Å². The van der Waals surface area contributed by atoms with Crippen LogP contribution in [0.5, 0.6) is 0 Å². The van der Waals surface area contributed by atoms with Gasteiger partial charge in [-0.2, -0.15) is 0 Å². The molecule has 1 N–H and O–H groups in total. The van der Waals surface area contributed by atoms with Gasteiger partial charge in [0.1, 0.15) is 0 Å². The van der Waals surface area contributed by atoms with Crippen LogP contribution in [-0.2, 0) is 6.42 Å². The third-order valence-electron chi connectivity index (χ3n) is 4.74. The van der Waals surface area contributed by atoms with Crippen molar-refractivity contribution in [1.82, 2.24) is 10.3 Å². The van der Waals surface area contributed by atoms with E-state index in [1.807, 2.05) is 6.20 Å². The molecule has 110 valence electrons. The van der Waals surface area contributed by atoms with Crippen molar-refractivity contribution in [1.29, 1.82) is 0 Å². The van der Waals surface area contributed by atoms with Crippen molar-refractivity contribution in [3.63, 3.8) is 0 Å². The molecule has 0 aliphatic carbocycles. The van der Waals surface area contributed by atoms with E-state index in [9.17, 15) is 0 Å². The fourth-order valence-electron chi connectivity index (χ4n) is 3.50. The molecule has 21 heavy (non-hydrogen) atoms. The molecule has 0 bridgehead atoms. The third kappa shape index (κ3) is 3.33. The molecule has 0 amide bonds. The van der Waals surface area contributed by atoms with Crippen molar-refractivity contribution in [3.8, 4) is 0 Å². The Kier molecular flexibility index (Phi) is 4.66. The number of aromatic nitrogens is 1. The summed E-state index contributed by atoms with van der Waals surface area (Å²) in [6, 6.07) is 10.6. The van der Waals surface area contributed by atoms with Gasteiger partial charge < -0.3 is 5.32 Å². The van der Waals surface area contributed by atoms with Gasteiger partial charge in [-0.25, -0.2) is 0 Å². The Hall–Kier alpha value is -1.67. The molecule has 2 nitrogen and oxygen atoms in total. The standard InChI is InChI=1S/C19H24N2/c1-2-15-14-20-12-10-16(15)6-5-7-17-11-13-21-19-9-4-3-8-18(17)19/h2-4,8-9,11,13,15-16,20H,1,5-7,10,12,14H2/t15-,16-/m1/s1. The highest BCUT2D eigenvalue weighted by molar-refractivity contribution is 5.81. The zero-order valence-corrected chi connectivity index (χ0v) is 12.6. The minimum atomic E-state index is 0.646. The molecule has 2 atom stereocenters. The molecule has 0 saturated carbocycles. The number of para-hydroxylation sites is 1. The lowest BCUT2D eigenvalue weighted by atomic mass is 9.82. The van der Waals surface area contributed by atoms with Gasteiger partial charge >= 0.3 is 0 Å². The minimum absolute atomic E-state index is 0.646. The van der Waals surface area contributed by atoms with Crippen LogP contribution in [0.25, 0.3) is 10.9 Å². The van der Waals surface area contributed by atoms with Crippen molar-refractivity contribution >= 4 is 10.9 Å². The number of piperidine rings is 1. The molecule has 2 heterocycles. The number of nitrogens with zero attached hydrogens (tertiary/aromatic N) is 1. The number of benzene rings is 1. The van der Waals surface area contributed by atoms with Crippen molar-refractivity contribution in [2.75, 3.05) is 13.1 Å². The number of fused-ring (bicyclic) bond motifs is 1. The van der Waals surface area contributed by atoms with Gasteiger partial charge in [0.15, 0.2) is 0 Å². The number of pyridine rings is 1. The SMILES string of the molecule is C=C[C@@H]1CNCC[C@H]1CCCc1ccnc2ccccc12. The van der Waals surface area contributed by atoms with E-state index < -0.39 is 0 Å². The minimum Gasteiger partial charge on any atom is -0.316 e. The van der Waals surface area contributed by atoms with Crippen LogP contribution in [0, 0.1) is 11.8 Å². The van der Waals surface area contributed by atoms with Crippen LogP contribution in [0.2, 0.25) is 0 Å². The molecular formula is C19H24N2. The molecule has 1 aromatic heterocycles. The van der Waals surface area contributed by atoms with Gasteiger partial charge in [0.05, 0.1) is 5.52 Å². The highest BCUT2D eigenvalue weighted by atomic mass is 14.9. The highest BCUT2D eigenvalue weighted by Gasteiger charge is 2.21. The van der Waals surface area contributed by atoms with Crippen LogP contribution in [-0.4, -0.2) is 18.1 Å². The lowest BCUT2D eigenvalue weighted by Crippen LogP contribution is -2.35. The molecule has 2 heteroatoms. The van der Waals surface area contributed by atoms with Crippen LogP contribution in [0.15, 0.2) is 49.2 Å². The van der Waals surface area contributed by atoms with Gasteiger partial charge in [0.2, 0.25) is 0 Å². The van der Waals surface area contributed by atoms with E-state index in [4.69, 9.17) is 0 Å². The summed E-state index contributed by atoms with van der Waals surface area (Å²) in [6.07, 6.45) is 9.07. The Morgan fingerprint density at radius 1 is 1.29 bits per heavy atom. The third-order valence-corrected chi connectivity index (χ3v) is 4.74. The maximum absolute atomic E-state index is 4.44. The second-order valence-corrected chi connectivity index (χ2v) is 6.03. The monoisotopic (exact) mass is 280 g/mol. The van der Waals surface area contributed by atoms with Crippen molar-refractivity contribution in [2.45, 2.75) is 25.7 Å². The van der Waals surface area contributed by atoms with Gasteiger partial charge in [-0.1, -0.05) is 24.3 Å². The molecule has 1 saturated heterocycles. The predicted octanol–water partition coefficient (Wildman–Crippen LogP) is 3.97. The lowest BCUT2D eigenvalue weighted by Gasteiger charge is -2.30. The molecule has 1 aromatic carbocycles. The molecule has 0 radical (unpaired) electrons. The van der Waals surface area contributed by atoms with Crippen molar-refractivity contribution in [2.24, 2.45) is 11.8 Å². The summed E-state index contributed by atoms with van der Waals surface area (Å²) in [5.74, 6) is 1.45. The molecule has 3 rings (SSSR count). The first-order valence-electron chi connectivity index (χ1n) is 8.04. The average molecular weight is 280 g/mol. The first-order chi connectivity index (χ1) is 10.4. The molecule has 1 aliphatic rings. The Balaban J connectivity index is 1.63. The second-order valence-electron chi connectivity index (χ2n) is 6.03. The maximum Gasteiger partial charge on any atom is 0.0704 e. The van der Waals surface area contributed by atoms with Crippen LogP contribution in [0.1, 0.15) is 24.8 Å². The van der Waals surface area contributed by atoms with E-state index in [0.29, 0.717) is 5.92 Å². The summed E-state index contributed by atoms with van der Waals surface area (Å²) < 4.78 is 0. The van der Waals surface area contributed by atoms with E-state index in [1.54, 1.807) is 0 Å². The quantitative estimate of drug-likeness (QED) is 0.838. The smallest absolute Gasteiger partial charge is 0.0704 e. The Morgan fingerprint density at radius 3 is 3.10 bits per heavy atom. The number of hydrogen-bond donors (Lipinski definition) is 1. The molecular weight excluding hydrogens is 256 g/mol. The van der Waals surface area contributed by atoms with Gasteiger partial charge in [0.25, 0.3) is 0 Å². The van der Waals surface area contributed by atoms with Crippen LogP contribution in [0.4, 0.5) is 0 Å². The van der Waals surface area contributed by atoms with E-state index in [0.717, 1.165) is 30.9 Å². The second kappa shape index (κ2) is 6.86. The number of hydrogen-bond acceptors (Lipinski definition) is 2. The Bertz CT molecular complexity index is 600. The largest absolute Gasteiger partial charge is 0.316 e. The number of rotatable bonds is 5. The first kappa shape index (κ1) is 14.3. The Labute approximate surface area is 127 Å². The summed E-state index contributed by atoms with van der Waals surface area (Å²) in [5, 5.41) is 4.78. The van der Waals surface area contributed by atoms with Crippen molar-refractivity contribution in [3.05, 3.63) is 54.7 Å². The van der Waals surface area contributed by atoms with E-state index in [1.165, 1.54) is 30.2 Å². The fraction of sp³-hybridized carbons (Fsp3) is 0.421. The van der Waals surface area contributed by atoms with Gasteiger partial charge in [-0.05, 0) is 61.8 Å². The van der Waals surface area contributed by atoms with E-state index in [-0.39, 0.29) is 0 Å². The van der Waals surface area contributed by atoms with E-state index in [2.05, 4.69) is 53.3 Å². The molecule has 1 fully saturated rings. The predicted molar refractivity (Wildman–Crippen MR) is 89.3 cm³/mol. The van der Waals surface area contributed by atoms with Gasteiger partial charge in [0, 0.05) is 18.1 Å². The van der Waals surface area contributed by atoms with E-state index >= 15 is 0 Å². The first-order valence-corrected chi connectivity index (χ1v) is 8.04. The topological polar surface area (TPSA) is 24.9 Å². The zero-order valence-electron chi connectivity index (χ0n) is 12.6. The Morgan fingerprint density at radius 2 is 2.19 bits per heavy atom. The zero-order chi connectivity index (χ0) is 14.5. The number of aryl methyl sites for hydroxylation is 1. The van der Waals surface area contributed by atoms with Gasteiger partial charge in [-0.3, -0.25) is 4.98 Å². The fourth-order valence-corrected chi connectivity index (χ4v) is 3.50. The summed E-state index contributed by atoms with van der Waals surface area (Å²) in [6.45, 7) is 6.26.